The molecule has 3 atom stereocenters. The Hall–Kier alpha value is -3.19. The number of hydrogen-bond acceptors (Lipinski definition) is 5. The molecule has 0 spiro atoms. The van der Waals surface area contributed by atoms with Crippen LogP contribution in [-0.2, 0) is 20.7 Å². The van der Waals surface area contributed by atoms with Crippen LogP contribution in [0, 0.1) is 0 Å². The number of imide groups is 1. The summed E-state index contributed by atoms with van der Waals surface area (Å²) in [5.74, 6) is -0.889. The van der Waals surface area contributed by atoms with E-state index >= 15 is 0 Å². The largest absolute Gasteiger partial charge is 0.465 e. The highest BCUT2D eigenvalue weighted by Crippen LogP contribution is 2.33. The molecule has 3 unspecified atom stereocenters. The van der Waals surface area contributed by atoms with Crippen LogP contribution in [0.15, 0.2) is 60.7 Å². The standard InChI is InChI=1S/C26H32N2O5/c1-3-33-25(30)23(18-17-19-11-6-4-7-12-19)27(2)22-16-10-15-21(20-13-8-5-9-14-20)28(24(22)29)26(31)32/h4-9,11-14,21-23H,3,10,15-18H2,1-2H3,(H,31,32). The summed E-state index contributed by atoms with van der Waals surface area (Å²) in [6, 6.07) is 17.1. The number of hydrogen-bond donors (Lipinski definition) is 1. The maximum absolute atomic E-state index is 13.5. The summed E-state index contributed by atoms with van der Waals surface area (Å²) < 4.78 is 5.31. The minimum absolute atomic E-state index is 0.241. The van der Waals surface area contributed by atoms with Crippen LogP contribution in [0.5, 0.6) is 0 Å². The molecular formula is C26H32N2O5. The molecule has 2 amide bonds. The van der Waals surface area contributed by atoms with Gasteiger partial charge in [-0.1, -0.05) is 60.7 Å². The van der Waals surface area contributed by atoms with Crippen LogP contribution in [0.4, 0.5) is 4.79 Å². The summed E-state index contributed by atoms with van der Waals surface area (Å²) in [4.78, 5) is 41.2. The molecule has 2 aromatic carbocycles. The summed E-state index contributed by atoms with van der Waals surface area (Å²) in [6.45, 7) is 1.99. The van der Waals surface area contributed by atoms with Crippen molar-refractivity contribution >= 4 is 18.0 Å². The number of nitrogens with zero attached hydrogens (tertiary/aromatic N) is 2. The molecule has 1 heterocycles. The van der Waals surface area contributed by atoms with Gasteiger partial charge in [-0.2, -0.15) is 0 Å². The van der Waals surface area contributed by atoms with Gasteiger partial charge in [0.15, 0.2) is 0 Å². The number of amides is 2. The van der Waals surface area contributed by atoms with Crippen molar-refractivity contribution in [1.29, 1.82) is 0 Å². The van der Waals surface area contributed by atoms with Crippen LogP contribution in [0.2, 0.25) is 0 Å². The fraction of sp³-hybridized carbons (Fsp3) is 0.423. The number of carboxylic acid groups (broad SMARTS) is 1. The van der Waals surface area contributed by atoms with Crippen LogP contribution >= 0.6 is 0 Å². The molecule has 1 aliphatic heterocycles. The predicted molar refractivity (Wildman–Crippen MR) is 125 cm³/mol. The van der Waals surface area contributed by atoms with Gasteiger partial charge in [-0.05, 0) is 57.2 Å². The average Bonchev–Trinajstić information content (AvgIpc) is 2.99. The number of carbonyl (C=O) groups is 3. The van der Waals surface area contributed by atoms with Crippen molar-refractivity contribution in [3.8, 4) is 0 Å². The van der Waals surface area contributed by atoms with E-state index in [2.05, 4.69) is 0 Å². The first-order valence-electron chi connectivity index (χ1n) is 11.5. The van der Waals surface area contributed by atoms with Gasteiger partial charge < -0.3 is 9.84 Å². The van der Waals surface area contributed by atoms with E-state index in [9.17, 15) is 19.5 Å². The number of likely N-dealkylation sites (tertiary alicyclic amines) is 1. The normalized spacial score (nSPS) is 19.7. The Kier molecular flexibility index (Phi) is 8.60. The van der Waals surface area contributed by atoms with Crippen molar-refractivity contribution in [2.45, 2.75) is 57.2 Å². The minimum atomic E-state index is -1.27. The Morgan fingerprint density at radius 1 is 1.09 bits per heavy atom. The second-order valence-electron chi connectivity index (χ2n) is 8.32. The van der Waals surface area contributed by atoms with Crippen LogP contribution in [-0.4, -0.2) is 58.6 Å². The smallest absolute Gasteiger partial charge is 0.414 e. The number of aryl methyl sites for hydroxylation is 1. The van der Waals surface area contributed by atoms with Crippen LogP contribution in [0.25, 0.3) is 0 Å². The second-order valence-corrected chi connectivity index (χ2v) is 8.32. The second kappa shape index (κ2) is 11.6. The molecule has 33 heavy (non-hydrogen) atoms. The van der Waals surface area contributed by atoms with E-state index in [1.807, 2.05) is 60.7 Å². The highest BCUT2D eigenvalue weighted by Gasteiger charge is 2.42. The van der Waals surface area contributed by atoms with Crippen molar-refractivity contribution in [2.75, 3.05) is 13.7 Å². The molecule has 1 aliphatic rings. The number of benzene rings is 2. The third kappa shape index (κ3) is 5.99. The molecule has 7 heteroatoms. The molecule has 0 radical (unpaired) electrons. The van der Waals surface area contributed by atoms with E-state index in [0.717, 1.165) is 16.0 Å². The van der Waals surface area contributed by atoms with Crippen LogP contribution < -0.4 is 0 Å². The Morgan fingerprint density at radius 3 is 2.33 bits per heavy atom. The first-order valence-corrected chi connectivity index (χ1v) is 11.5. The Labute approximate surface area is 195 Å². The lowest BCUT2D eigenvalue weighted by molar-refractivity contribution is -0.152. The van der Waals surface area contributed by atoms with Gasteiger partial charge in [0.25, 0.3) is 0 Å². The van der Waals surface area contributed by atoms with Gasteiger partial charge in [0.05, 0.1) is 18.7 Å². The van der Waals surface area contributed by atoms with Gasteiger partial charge >= 0.3 is 12.1 Å². The minimum Gasteiger partial charge on any atom is -0.465 e. The monoisotopic (exact) mass is 452 g/mol. The van der Waals surface area contributed by atoms with Gasteiger partial charge in [-0.15, -0.1) is 0 Å². The van der Waals surface area contributed by atoms with Gasteiger partial charge in [-0.3, -0.25) is 14.5 Å². The number of esters is 1. The number of rotatable bonds is 8. The van der Waals surface area contributed by atoms with Gasteiger partial charge in [0.1, 0.15) is 6.04 Å². The molecule has 1 N–H and O–H groups in total. The summed E-state index contributed by atoms with van der Waals surface area (Å²) in [6.07, 6.45) is 1.53. The fourth-order valence-electron chi connectivity index (χ4n) is 4.56. The zero-order valence-electron chi connectivity index (χ0n) is 19.2. The first kappa shape index (κ1) is 24.5. The van der Waals surface area contributed by atoms with Crippen LogP contribution in [0.1, 0.15) is 49.8 Å². The van der Waals surface area contributed by atoms with E-state index in [-0.39, 0.29) is 6.61 Å². The molecule has 1 fully saturated rings. The van der Waals surface area contributed by atoms with Crippen molar-refractivity contribution in [3.63, 3.8) is 0 Å². The van der Waals surface area contributed by atoms with Crippen molar-refractivity contribution < 1.29 is 24.2 Å². The molecule has 0 aromatic heterocycles. The number of likely N-dealkylation sites (N-methyl/N-ethyl adjacent to an activating group) is 1. The highest BCUT2D eigenvalue weighted by atomic mass is 16.5. The van der Waals surface area contributed by atoms with E-state index in [4.69, 9.17) is 4.74 Å². The van der Waals surface area contributed by atoms with E-state index in [1.54, 1.807) is 18.9 Å². The quantitative estimate of drug-likeness (QED) is 0.602. The van der Waals surface area contributed by atoms with Crippen molar-refractivity contribution in [1.82, 2.24) is 9.80 Å². The molecule has 7 nitrogen and oxygen atoms in total. The predicted octanol–water partition coefficient (Wildman–Crippen LogP) is 4.28. The lowest BCUT2D eigenvalue weighted by Crippen LogP contribution is -2.53. The van der Waals surface area contributed by atoms with Gasteiger partial charge in [0.2, 0.25) is 5.91 Å². The topological polar surface area (TPSA) is 87.2 Å². The van der Waals surface area contributed by atoms with Crippen molar-refractivity contribution in [2.24, 2.45) is 0 Å². The van der Waals surface area contributed by atoms with E-state index in [1.165, 1.54) is 0 Å². The van der Waals surface area contributed by atoms with E-state index < -0.39 is 36.1 Å². The molecule has 2 aromatic rings. The Bertz CT molecular complexity index is 934. The Balaban J connectivity index is 1.85. The lowest BCUT2D eigenvalue weighted by atomic mass is 10.00. The van der Waals surface area contributed by atoms with E-state index in [0.29, 0.717) is 32.1 Å². The van der Waals surface area contributed by atoms with Crippen molar-refractivity contribution in [3.05, 3.63) is 71.8 Å². The molecule has 1 saturated heterocycles. The Morgan fingerprint density at radius 2 is 1.73 bits per heavy atom. The first-order chi connectivity index (χ1) is 15.9. The SMILES string of the molecule is CCOC(=O)C(CCc1ccccc1)N(C)C1CCCC(c2ccccc2)N(C(=O)O)C1=O. The third-order valence-electron chi connectivity index (χ3n) is 6.27. The lowest BCUT2D eigenvalue weighted by Gasteiger charge is -2.34. The van der Waals surface area contributed by atoms with Gasteiger partial charge in [0, 0.05) is 0 Å². The zero-order chi connectivity index (χ0) is 23.8. The maximum Gasteiger partial charge on any atom is 0.414 e. The maximum atomic E-state index is 13.5. The molecular weight excluding hydrogens is 420 g/mol. The molecule has 3 rings (SSSR count). The van der Waals surface area contributed by atoms with Crippen LogP contribution in [0.3, 0.4) is 0 Å². The summed E-state index contributed by atoms with van der Waals surface area (Å²) in [5, 5.41) is 9.94. The highest BCUT2D eigenvalue weighted by molar-refractivity contribution is 5.95. The number of ether oxygens (including phenoxy) is 1. The average molecular weight is 453 g/mol. The zero-order valence-corrected chi connectivity index (χ0v) is 19.2. The summed E-state index contributed by atoms with van der Waals surface area (Å²) >= 11 is 0. The molecule has 0 saturated carbocycles. The third-order valence-corrected chi connectivity index (χ3v) is 6.27. The molecule has 0 aliphatic carbocycles. The fourth-order valence-corrected chi connectivity index (χ4v) is 4.56. The molecule has 176 valence electrons. The number of carbonyl (C=O) groups excluding carboxylic acids is 2. The summed E-state index contributed by atoms with van der Waals surface area (Å²) in [7, 11) is 1.72. The molecule has 0 bridgehead atoms. The van der Waals surface area contributed by atoms with Gasteiger partial charge in [-0.25, -0.2) is 9.69 Å². The summed E-state index contributed by atoms with van der Waals surface area (Å²) in [5.41, 5.74) is 1.88.